The Hall–Kier alpha value is -2.61. The van der Waals surface area contributed by atoms with Crippen LogP contribution in [0.1, 0.15) is 16.7 Å². The molecule has 20 heavy (non-hydrogen) atoms. The highest BCUT2D eigenvalue weighted by atomic mass is 19.1. The maximum atomic E-state index is 13.6. The van der Waals surface area contributed by atoms with Crippen LogP contribution in [0.15, 0.2) is 30.5 Å². The fourth-order valence-electron chi connectivity index (χ4n) is 1.76. The minimum Gasteiger partial charge on any atom is -0.481 e. The average molecular weight is 271 g/mol. The topological polar surface area (TPSA) is 57.9 Å². The number of aromatic nitrogens is 1. The largest absolute Gasteiger partial charge is 0.481 e. The average Bonchev–Trinajstić information content (AvgIpc) is 2.49. The van der Waals surface area contributed by atoms with Crippen LogP contribution in [0.2, 0.25) is 0 Å². The van der Waals surface area contributed by atoms with Crippen LogP contribution >= 0.6 is 0 Å². The highest BCUT2D eigenvalue weighted by Crippen LogP contribution is 2.21. The minimum absolute atomic E-state index is 0.295. The van der Waals surface area contributed by atoms with Crippen molar-refractivity contribution in [1.82, 2.24) is 4.98 Å². The van der Waals surface area contributed by atoms with Crippen molar-refractivity contribution in [3.8, 4) is 11.9 Å². The Balaban J connectivity index is 2.14. The Kier molecular flexibility index (Phi) is 4.16. The predicted molar refractivity (Wildman–Crippen MR) is 74.0 cm³/mol. The molecular weight excluding hydrogens is 257 g/mol. The van der Waals surface area contributed by atoms with Crippen LogP contribution < -0.4 is 10.1 Å². The second-order valence-electron chi connectivity index (χ2n) is 4.30. The normalized spacial score (nSPS) is 9.90. The molecule has 0 radical (unpaired) electrons. The maximum absolute atomic E-state index is 13.6. The van der Waals surface area contributed by atoms with Crippen LogP contribution in [0.3, 0.4) is 0 Å². The lowest BCUT2D eigenvalue weighted by molar-refractivity contribution is 0.397. The third kappa shape index (κ3) is 3.04. The Labute approximate surface area is 116 Å². The number of hydrogen-bond donors (Lipinski definition) is 1. The lowest BCUT2D eigenvalue weighted by atomic mass is 10.1. The van der Waals surface area contributed by atoms with Gasteiger partial charge in [-0.2, -0.15) is 5.26 Å². The van der Waals surface area contributed by atoms with E-state index in [1.807, 2.05) is 12.1 Å². The zero-order valence-corrected chi connectivity index (χ0v) is 11.3. The van der Waals surface area contributed by atoms with E-state index >= 15 is 0 Å². The minimum atomic E-state index is -0.389. The first kappa shape index (κ1) is 13.8. The molecular formula is C15H14FN3O. The molecule has 2 rings (SSSR count). The summed E-state index contributed by atoms with van der Waals surface area (Å²) in [5, 5.41) is 12.0. The molecule has 102 valence electrons. The molecule has 1 N–H and O–H groups in total. The summed E-state index contributed by atoms with van der Waals surface area (Å²) < 4.78 is 18.6. The molecule has 0 saturated carbocycles. The van der Waals surface area contributed by atoms with E-state index in [-0.39, 0.29) is 5.82 Å². The molecule has 0 unspecified atom stereocenters. The van der Waals surface area contributed by atoms with Gasteiger partial charge >= 0.3 is 0 Å². The number of nitriles is 1. The van der Waals surface area contributed by atoms with E-state index in [0.29, 0.717) is 29.2 Å². The number of anilines is 1. The maximum Gasteiger partial charge on any atom is 0.212 e. The van der Waals surface area contributed by atoms with Crippen LogP contribution in [-0.2, 0) is 6.54 Å². The van der Waals surface area contributed by atoms with E-state index in [0.717, 1.165) is 5.56 Å². The number of ether oxygens (including phenoxy) is 1. The summed E-state index contributed by atoms with van der Waals surface area (Å²) in [7, 11) is 1.56. The smallest absolute Gasteiger partial charge is 0.212 e. The van der Waals surface area contributed by atoms with Crippen molar-refractivity contribution < 1.29 is 9.13 Å². The van der Waals surface area contributed by atoms with E-state index in [1.165, 1.54) is 6.07 Å². The zero-order chi connectivity index (χ0) is 14.5. The van der Waals surface area contributed by atoms with Crippen LogP contribution in [0.5, 0.6) is 5.88 Å². The number of benzene rings is 1. The van der Waals surface area contributed by atoms with Crippen molar-refractivity contribution in [2.75, 3.05) is 12.4 Å². The van der Waals surface area contributed by atoms with E-state index in [1.54, 1.807) is 32.4 Å². The Morgan fingerprint density at radius 3 is 2.80 bits per heavy atom. The third-order valence-corrected chi connectivity index (χ3v) is 2.96. The molecule has 0 aliphatic heterocycles. The Morgan fingerprint density at radius 2 is 2.20 bits per heavy atom. The predicted octanol–water partition coefficient (Wildman–Crippen LogP) is 3.02. The number of halogens is 1. The first-order chi connectivity index (χ1) is 9.63. The molecule has 1 heterocycles. The first-order valence-electron chi connectivity index (χ1n) is 6.07. The SMILES string of the molecule is COc1ccc(CNc2cc(C#N)cc(F)c2C)cn1. The van der Waals surface area contributed by atoms with Gasteiger partial charge in [0.15, 0.2) is 0 Å². The molecule has 0 amide bonds. The summed E-state index contributed by atoms with van der Waals surface area (Å²) >= 11 is 0. The van der Waals surface area contributed by atoms with Gasteiger partial charge in [-0.05, 0) is 24.6 Å². The summed E-state index contributed by atoms with van der Waals surface area (Å²) in [5.74, 6) is 0.154. The van der Waals surface area contributed by atoms with Gasteiger partial charge < -0.3 is 10.1 Å². The Morgan fingerprint density at radius 1 is 1.40 bits per heavy atom. The van der Waals surface area contributed by atoms with Crippen molar-refractivity contribution in [3.63, 3.8) is 0 Å². The second kappa shape index (κ2) is 6.02. The van der Waals surface area contributed by atoms with Crippen molar-refractivity contribution in [2.45, 2.75) is 13.5 Å². The molecule has 0 saturated heterocycles. The highest BCUT2D eigenvalue weighted by Gasteiger charge is 2.07. The summed E-state index contributed by atoms with van der Waals surface area (Å²) in [6, 6.07) is 8.44. The van der Waals surface area contributed by atoms with Crippen LogP contribution in [0.4, 0.5) is 10.1 Å². The Bertz CT molecular complexity index is 647. The molecule has 4 nitrogen and oxygen atoms in total. The quantitative estimate of drug-likeness (QED) is 0.928. The van der Waals surface area contributed by atoms with Crippen molar-refractivity contribution in [3.05, 3.63) is 53.0 Å². The first-order valence-corrected chi connectivity index (χ1v) is 6.07. The van der Waals surface area contributed by atoms with Gasteiger partial charge in [0.05, 0.1) is 18.7 Å². The summed E-state index contributed by atoms with van der Waals surface area (Å²) in [6.07, 6.45) is 1.69. The van der Waals surface area contributed by atoms with Crippen molar-refractivity contribution in [2.24, 2.45) is 0 Å². The van der Waals surface area contributed by atoms with Gasteiger partial charge in [0.25, 0.3) is 0 Å². The fraction of sp³-hybridized carbons (Fsp3) is 0.200. The molecule has 1 aromatic heterocycles. The van der Waals surface area contributed by atoms with Gasteiger partial charge in [-0.1, -0.05) is 6.07 Å². The molecule has 0 spiro atoms. The van der Waals surface area contributed by atoms with Crippen LogP contribution in [-0.4, -0.2) is 12.1 Å². The van der Waals surface area contributed by atoms with Crippen LogP contribution in [0.25, 0.3) is 0 Å². The molecule has 0 atom stereocenters. The van der Waals surface area contributed by atoms with E-state index in [9.17, 15) is 4.39 Å². The highest BCUT2D eigenvalue weighted by molar-refractivity contribution is 5.56. The molecule has 2 aromatic rings. The van der Waals surface area contributed by atoms with Gasteiger partial charge in [-0.25, -0.2) is 9.37 Å². The monoisotopic (exact) mass is 271 g/mol. The lowest BCUT2D eigenvalue weighted by Crippen LogP contribution is -2.03. The molecule has 0 bridgehead atoms. The van der Waals surface area contributed by atoms with Gasteiger partial charge in [-0.3, -0.25) is 0 Å². The van der Waals surface area contributed by atoms with Gasteiger partial charge in [0.1, 0.15) is 5.82 Å². The number of nitrogens with zero attached hydrogens (tertiary/aromatic N) is 2. The molecule has 5 heteroatoms. The standard InChI is InChI=1S/C15H14FN3O/c1-10-13(16)5-12(7-17)6-14(10)18-8-11-3-4-15(20-2)19-9-11/h3-6,9,18H,8H2,1-2H3. The van der Waals surface area contributed by atoms with Gasteiger partial charge in [0.2, 0.25) is 5.88 Å². The van der Waals surface area contributed by atoms with E-state index < -0.39 is 0 Å². The zero-order valence-electron chi connectivity index (χ0n) is 11.3. The number of nitrogens with one attached hydrogen (secondary N) is 1. The third-order valence-electron chi connectivity index (χ3n) is 2.96. The molecule has 1 aromatic carbocycles. The number of hydrogen-bond acceptors (Lipinski definition) is 4. The summed E-state index contributed by atoms with van der Waals surface area (Å²) in [4.78, 5) is 4.09. The lowest BCUT2D eigenvalue weighted by Gasteiger charge is -2.11. The molecule has 0 fully saturated rings. The number of methoxy groups -OCH3 is 1. The summed E-state index contributed by atoms with van der Waals surface area (Å²) in [6.45, 7) is 2.16. The second-order valence-corrected chi connectivity index (χ2v) is 4.30. The van der Waals surface area contributed by atoms with Crippen LogP contribution in [0, 0.1) is 24.1 Å². The fourth-order valence-corrected chi connectivity index (χ4v) is 1.76. The number of pyridine rings is 1. The van der Waals surface area contributed by atoms with E-state index in [2.05, 4.69) is 10.3 Å². The van der Waals surface area contributed by atoms with E-state index in [4.69, 9.17) is 10.00 Å². The molecule has 0 aliphatic rings. The van der Waals surface area contributed by atoms with Gasteiger partial charge in [-0.15, -0.1) is 0 Å². The van der Waals surface area contributed by atoms with Crippen molar-refractivity contribution >= 4 is 5.69 Å². The van der Waals surface area contributed by atoms with Crippen molar-refractivity contribution in [1.29, 1.82) is 5.26 Å². The molecule has 0 aliphatic carbocycles. The summed E-state index contributed by atoms with van der Waals surface area (Å²) in [5.41, 5.74) is 2.33. The number of rotatable bonds is 4. The van der Waals surface area contributed by atoms with Gasteiger partial charge in [0, 0.05) is 30.1 Å².